The highest BCUT2D eigenvalue weighted by Crippen LogP contribution is 2.29. The van der Waals surface area contributed by atoms with Gasteiger partial charge in [-0.3, -0.25) is 5.10 Å². The molecule has 0 unspecified atom stereocenters. The predicted octanol–water partition coefficient (Wildman–Crippen LogP) is 2.62. The van der Waals surface area contributed by atoms with E-state index in [0.717, 1.165) is 4.90 Å². The van der Waals surface area contributed by atoms with Gasteiger partial charge in [0, 0.05) is 6.20 Å². The predicted molar refractivity (Wildman–Crippen MR) is 47.0 cm³/mol. The van der Waals surface area contributed by atoms with Crippen molar-refractivity contribution in [3.8, 4) is 0 Å². The van der Waals surface area contributed by atoms with Crippen LogP contribution in [-0.2, 0) is 0 Å². The topological polar surface area (TPSA) is 28.7 Å². The third-order valence-electron chi connectivity index (χ3n) is 1.19. The number of thiophene rings is 1. The Morgan fingerprint density at radius 3 is 3.18 bits per heavy atom. The minimum atomic E-state index is 1.16. The van der Waals surface area contributed by atoms with Crippen LogP contribution in [0.1, 0.15) is 0 Å². The Labute approximate surface area is 72.6 Å². The molecule has 0 aliphatic carbocycles. The van der Waals surface area contributed by atoms with Crippen LogP contribution in [-0.4, -0.2) is 10.2 Å². The fourth-order valence-electron chi connectivity index (χ4n) is 0.733. The quantitative estimate of drug-likeness (QED) is 0.773. The summed E-state index contributed by atoms with van der Waals surface area (Å²) in [5, 5.41) is 8.71. The maximum atomic E-state index is 3.86. The third-order valence-corrected chi connectivity index (χ3v) is 3.18. The average molecular weight is 182 g/mol. The van der Waals surface area contributed by atoms with Gasteiger partial charge in [0.05, 0.1) is 15.3 Å². The van der Waals surface area contributed by atoms with Gasteiger partial charge in [-0.25, -0.2) is 0 Å². The number of aromatic amines is 1. The smallest absolute Gasteiger partial charge is 0.0647 e. The molecule has 2 aromatic rings. The Bertz CT molecular complexity index is 267. The van der Waals surface area contributed by atoms with Crippen LogP contribution in [0.2, 0.25) is 0 Å². The summed E-state index contributed by atoms with van der Waals surface area (Å²) in [6, 6.07) is 4.15. The van der Waals surface area contributed by atoms with Gasteiger partial charge in [-0.05, 0) is 11.4 Å². The van der Waals surface area contributed by atoms with Gasteiger partial charge in [0.2, 0.25) is 0 Å². The Morgan fingerprint density at radius 1 is 1.55 bits per heavy atom. The molecule has 0 saturated carbocycles. The van der Waals surface area contributed by atoms with Gasteiger partial charge in [0.1, 0.15) is 0 Å². The van der Waals surface area contributed by atoms with Crippen molar-refractivity contribution >= 4 is 23.1 Å². The first-order valence-corrected chi connectivity index (χ1v) is 4.85. The van der Waals surface area contributed by atoms with E-state index in [0.29, 0.717) is 0 Å². The van der Waals surface area contributed by atoms with Crippen molar-refractivity contribution < 1.29 is 0 Å². The van der Waals surface area contributed by atoms with Gasteiger partial charge in [0.15, 0.2) is 0 Å². The van der Waals surface area contributed by atoms with Gasteiger partial charge < -0.3 is 0 Å². The molecule has 2 heterocycles. The van der Waals surface area contributed by atoms with E-state index in [4.69, 9.17) is 0 Å². The molecule has 0 aliphatic rings. The Kier molecular flexibility index (Phi) is 1.96. The van der Waals surface area contributed by atoms with E-state index in [-0.39, 0.29) is 0 Å². The van der Waals surface area contributed by atoms with E-state index in [1.54, 1.807) is 23.1 Å². The first-order valence-electron chi connectivity index (χ1n) is 3.15. The summed E-state index contributed by atoms with van der Waals surface area (Å²) in [6.45, 7) is 0. The molecule has 4 heteroatoms. The maximum absolute atomic E-state index is 3.86. The number of nitrogens with one attached hydrogen (secondary N) is 1. The Morgan fingerprint density at radius 2 is 2.55 bits per heavy atom. The molecule has 0 aromatic carbocycles. The average Bonchev–Trinajstić information content (AvgIpc) is 2.60. The van der Waals surface area contributed by atoms with Crippen molar-refractivity contribution in [1.29, 1.82) is 0 Å². The molecule has 1 N–H and O–H groups in total. The molecule has 2 rings (SSSR count). The monoisotopic (exact) mass is 182 g/mol. The molecule has 0 aliphatic heterocycles. The Balaban J connectivity index is 2.14. The number of rotatable bonds is 2. The lowest BCUT2D eigenvalue weighted by molar-refractivity contribution is 1.09. The summed E-state index contributed by atoms with van der Waals surface area (Å²) >= 11 is 3.47. The van der Waals surface area contributed by atoms with Crippen molar-refractivity contribution in [3.63, 3.8) is 0 Å². The van der Waals surface area contributed by atoms with Gasteiger partial charge in [-0.1, -0.05) is 17.8 Å². The largest absolute Gasteiger partial charge is 0.285 e. The van der Waals surface area contributed by atoms with Crippen LogP contribution in [0.25, 0.3) is 0 Å². The van der Waals surface area contributed by atoms with Crippen LogP contribution in [0.5, 0.6) is 0 Å². The molecule has 11 heavy (non-hydrogen) atoms. The van der Waals surface area contributed by atoms with E-state index < -0.39 is 0 Å². The van der Waals surface area contributed by atoms with Crippen molar-refractivity contribution in [2.75, 3.05) is 0 Å². The van der Waals surface area contributed by atoms with E-state index >= 15 is 0 Å². The fourth-order valence-corrected chi connectivity index (χ4v) is 2.42. The number of hydrogen-bond donors (Lipinski definition) is 1. The van der Waals surface area contributed by atoms with Crippen molar-refractivity contribution in [2.24, 2.45) is 0 Å². The van der Waals surface area contributed by atoms with Crippen LogP contribution < -0.4 is 0 Å². The molecule has 0 bridgehead atoms. The second-order valence-electron chi connectivity index (χ2n) is 1.97. The first-order chi connectivity index (χ1) is 5.45. The summed E-state index contributed by atoms with van der Waals surface area (Å²) in [5.74, 6) is 0. The molecule has 0 fully saturated rings. The van der Waals surface area contributed by atoms with E-state index in [9.17, 15) is 0 Å². The maximum Gasteiger partial charge on any atom is 0.0647 e. The molecule has 2 aromatic heterocycles. The van der Waals surface area contributed by atoms with Crippen molar-refractivity contribution in [3.05, 3.63) is 29.9 Å². The van der Waals surface area contributed by atoms with Gasteiger partial charge in [-0.15, -0.1) is 11.3 Å². The minimum Gasteiger partial charge on any atom is -0.285 e. The Hall–Kier alpha value is -0.740. The van der Waals surface area contributed by atoms with Gasteiger partial charge >= 0.3 is 0 Å². The SMILES string of the molecule is c1csc(Sc2cn[nH]c2)c1. The molecule has 2 nitrogen and oxygen atoms in total. The highest BCUT2D eigenvalue weighted by atomic mass is 32.2. The zero-order valence-electron chi connectivity index (χ0n) is 5.65. The van der Waals surface area contributed by atoms with Gasteiger partial charge in [0.25, 0.3) is 0 Å². The van der Waals surface area contributed by atoms with Crippen LogP contribution in [0.15, 0.2) is 39.0 Å². The standard InChI is InChI=1S/C7H6N2S2/c1-2-7(10-3-1)11-6-4-8-9-5-6/h1-5H,(H,8,9). The molecule has 56 valence electrons. The lowest BCUT2D eigenvalue weighted by Crippen LogP contribution is -1.58. The number of nitrogens with zero attached hydrogens (tertiary/aromatic N) is 1. The van der Waals surface area contributed by atoms with Crippen LogP contribution in [0.3, 0.4) is 0 Å². The van der Waals surface area contributed by atoms with Crippen molar-refractivity contribution in [2.45, 2.75) is 9.10 Å². The second-order valence-corrected chi connectivity index (χ2v) is 4.29. The summed E-state index contributed by atoms with van der Waals surface area (Å²) in [6.07, 6.45) is 3.72. The first kappa shape index (κ1) is 6.94. The van der Waals surface area contributed by atoms with Crippen molar-refractivity contribution in [1.82, 2.24) is 10.2 Å². The zero-order valence-corrected chi connectivity index (χ0v) is 7.28. The van der Waals surface area contributed by atoms with Crippen LogP contribution in [0, 0.1) is 0 Å². The molecule has 0 amide bonds. The van der Waals surface area contributed by atoms with E-state index in [1.165, 1.54) is 4.21 Å². The minimum absolute atomic E-state index is 1.16. The fraction of sp³-hybridized carbons (Fsp3) is 0. The number of aromatic nitrogens is 2. The number of H-pyrrole nitrogens is 1. The molecule has 0 radical (unpaired) electrons. The molecule has 0 atom stereocenters. The summed E-state index contributed by atoms with van der Waals surface area (Å²) in [7, 11) is 0. The lowest BCUT2D eigenvalue weighted by atomic mass is 10.7. The lowest BCUT2D eigenvalue weighted by Gasteiger charge is -1.88. The highest BCUT2D eigenvalue weighted by Gasteiger charge is 1.97. The second kappa shape index (κ2) is 3.11. The molecular weight excluding hydrogens is 176 g/mol. The normalized spacial score (nSPS) is 10.2. The highest BCUT2D eigenvalue weighted by molar-refractivity contribution is 8.01. The number of hydrogen-bond acceptors (Lipinski definition) is 3. The summed E-state index contributed by atoms with van der Waals surface area (Å²) in [4.78, 5) is 1.16. The van der Waals surface area contributed by atoms with E-state index in [2.05, 4.69) is 21.6 Å². The zero-order chi connectivity index (χ0) is 7.52. The third kappa shape index (κ3) is 1.64. The summed E-state index contributed by atoms with van der Waals surface area (Å²) in [5.41, 5.74) is 0. The van der Waals surface area contributed by atoms with Crippen LogP contribution in [0.4, 0.5) is 0 Å². The molecule has 0 spiro atoms. The van der Waals surface area contributed by atoms with E-state index in [1.807, 2.05) is 18.5 Å². The van der Waals surface area contributed by atoms with Crippen LogP contribution >= 0.6 is 23.1 Å². The molecule has 0 saturated heterocycles. The summed E-state index contributed by atoms with van der Waals surface area (Å²) < 4.78 is 1.30. The van der Waals surface area contributed by atoms with Gasteiger partial charge in [-0.2, -0.15) is 5.10 Å². The molecular formula is C7H6N2S2.